The van der Waals surface area contributed by atoms with E-state index in [0.717, 1.165) is 31.9 Å². The van der Waals surface area contributed by atoms with E-state index >= 15 is 0 Å². The molecule has 0 rings (SSSR count). The lowest BCUT2D eigenvalue weighted by Gasteiger charge is -2.17. The fourth-order valence-electron chi connectivity index (χ4n) is 1.17. The normalized spacial score (nSPS) is 13.9. The standard InChI is InChI=1S/C10H23ClO2Si/c1-3-5-8-13-10(12-4-2)14-9-6-7-11/h10H,3-9,14H2,1-2H3. The number of hydrogen-bond donors (Lipinski definition) is 0. The van der Waals surface area contributed by atoms with Gasteiger partial charge in [-0.2, -0.15) is 0 Å². The zero-order chi connectivity index (χ0) is 10.6. The van der Waals surface area contributed by atoms with Crippen LogP contribution < -0.4 is 0 Å². The average molecular weight is 239 g/mol. The number of ether oxygens (including phenoxy) is 2. The second kappa shape index (κ2) is 11.5. The molecule has 1 unspecified atom stereocenters. The van der Waals surface area contributed by atoms with Crippen LogP contribution in [0.5, 0.6) is 0 Å². The van der Waals surface area contributed by atoms with Crippen molar-refractivity contribution >= 4 is 21.1 Å². The van der Waals surface area contributed by atoms with Crippen molar-refractivity contribution in [3.63, 3.8) is 0 Å². The molecule has 0 aromatic carbocycles. The first-order chi connectivity index (χ1) is 6.85. The van der Waals surface area contributed by atoms with Gasteiger partial charge in [0.15, 0.2) is 0 Å². The van der Waals surface area contributed by atoms with Gasteiger partial charge in [0.25, 0.3) is 0 Å². The smallest absolute Gasteiger partial charge is 0.134 e. The first-order valence-corrected chi connectivity index (χ1v) is 7.99. The minimum absolute atomic E-state index is 0.120. The lowest BCUT2D eigenvalue weighted by atomic mass is 10.4. The van der Waals surface area contributed by atoms with Gasteiger partial charge in [0.1, 0.15) is 5.91 Å². The van der Waals surface area contributed by atoms with E-state index in [0.29, 0.717) is 0 Å². The van der Waals surface area contributed by atoms with E-state index in [2.05, 4.69) is 6.92 Å². The number of alkyl halides is 1. The summed E-state index contributed by atoms with van der Waals surface area (Å²) in [4.78, 5) is 0. The molecule has 14 heavy (non-hydrogen) atoms. The van der Waals surface area contributed by atoms with Crippen LogP contribution in [-0.4, -0.2) is 34.5 Å². The van der Waals surface area contributed by atoms with Gasteiger partial charge in [-0.15, -0.1) is 11.6 Å². The van der Waals surface area contributed by atoms with E-state index in [9.17, 15) is 0 Å². The highest BCUT2D eigenvalue weighted by atomic mass is 35.5. The molecule has 0 fully saturated rings. The van der Waals surface area contributed by atoms with Crippen LogP contribution in [0.1, 0.15) is 33.1 Å². The highest BCUT2D eigenvalue weighted by molar-refractivity contribution is 6.36. The molecule has 4 heteroatoms. The van der Waals surface area contributed by atoms with Crippen LogP contribution >= 0.6 is 11.6 Å². The van der Waals surface area contributed by atoms with Crippen molar-refractivity contribution in [2.24, 2.45) is 0 Å². The van der Waals surface area contributed by atoms with Crippen LogP contribution in [0.2, 0.25) is 6.04 Å². The Balaban J connectivity index is 3.44. The predicted octanol–water partition coefficient (Wildman–Crippen LogP) is 2.34. The quantitative estimate of drug-likeness (QED) is 0.252. The van der Waals surface area contributed by atoms with E-state index in [4.69, 9.17) is 21.1 Å². The molecule has 1 atom stereocenters. The summed E-state index contributed by atoms with van der Waals surface area (Å²) in [6.45, 7) is 5.79. The number of halogens is 1. The van der Waals surface area contributed by atoms with Crippen molar-refractivity contribution in [2.75, 3.05) is 19.1 Å². The molecular weight excluding hydrogens is 216 g/mol. The summed E-state index contributed by atoms with van der Waals surface area (Å²) in [5, 5.41) is 0. The van der Waals surface area contributed by atoms with Gasteiger partial charge in [0.2, 0.25) is 0 Å². The third-order valence-corrected chi connectivity index (χ3v) is 4.10. The summed E-state index contributed by atoms with van der Waals surface area (Å²) in [7, 11) is -0.254. The van der Waals surface area contributed by atoms with E-state index in [1.165, 1.54) is 12.5 Å². The molecule has 0 N–H and O–H groups in total. The van der Waals surface area contributed by atoms with E-state index in [1.54, 1.807) is 0 Å². The zero-order valence-electron chi connectivity index (χ0n) is 9.43. The molecule has 0 heterocycles. The lowest BCUT2D eigenvalue weighted by Crippen LogP contribution is -2.25. The second-order valence-electron chi connectivity index (χ2n) is 3.29. The molecule has 0 aromatic rings. The fourth-order valence-corrected chi connectivity index (χ4v) is 3.28. The summed E-state index contributed by atoms with van der Waals surface area (Å²) < 4.78 is 11.2. The summed E-state index contributed by atoms with van der Waals surface area (Å²) in [5.41, 5.74) is 0. The Morgan fingerprint density at radius 1 is 1.21 bits per heavy atom. The van der Waals surface area contributed by atoms with Crippen molar-refractivity contribution in [3.05, 3.63) is 0 Å². The van der Waals surface area contributed by atoms with Gasteiger partial charge in [0.05, 0.1) is 9.52 Å². The molecule has 0 amide bonds. The van der Waals surface area contributed by atoms with Gasteiger partial charge in [-0.1, -0.05) is 19.4 Å². The van der Waals surface area contributed by atoms with Crippen molar-refractivity contribution in [1.82, 2.24) is 0 Å². The molecular formula is C10H23ClO2Si. The summed E-state index contributed by atoms with van der Waals surface area (Å²) in [6, 6.07) is 1.22. The maximum Gasteiger partial charge on any atom is 0.134 e. The molecule has 0 spiro atoms. The summed E-state index contributed by atoms with van der Waals surface area (Å²) in [6.07, 6.45) is 3.42. The number of hydrogen-bond acceptors (Lipinski definition) is 2. The molecule has 2 nitrogen and oxygen atoms in total. The fraction of sp³-hybridized carbons (Fsp3) is 1.00. The highest BCUT2D eigenvalue weighted by Gasteiger charge is 2.07. The minimum atomic E-state index is -0.254. The molecule has 0 bridgehead atoms. The average Bonchev–Trinajstić information content (AvgIpc) is 2.18. The van der Waals surface area contributed by atoms with Gasteiger partial charge in [0, 0.05) is 19.1 Å². The Hall–Kier alpha value is 0.427. The monoisotopic (exact) mass is 238 g/mol. The second-order valence-corrected chi connectivity index (χ2v) is 5.62. The maximum absolute atomic E-state index is 5.67. The van der Waals surface area contributed by atoms with Crippen molar-refractivity contribution < 1.29 is 9.47 Å². The topological polar surface area (TPSA) is 18.5 Å². The molecule has 86 valence electrons. The lowest BCUT2D eigenvalue weighted by molar-refractivity contribution is -0.0875. The van der Waals surface area contributed by atoms with Crippen molar-refractivity contribution in [1.29, 1.82) is 0 Å². The van der Waals surface area contributed by atoms with Gasteiger partial charge in [-0.05, 0) is 19.8 Å². The van der Waals surface area contributed by atoms with Gasteiger partial charge in [-0.25, -0.2) is 0 Å². The summed E-state index contributed by atoms with van der Waals surface area (Å²) in [5.74, 6) is 0.885. The van der Waals surface area contributed by atoms with E-state index in [-0.39, 0.29) is 15.4 Å². The molecule has 0 saturated heterocycles. The van der Waals surface area contributed by atoms with Crippen LogP contribution in [0.4, 0.5) is 0 Å². The summed E-state index contributed by atoms with van der Waals surface area (Å²) >= 11 is 5.63. The molecule has 0 saturated carbocycles. The molecule has 0 aromatic heterocycles. The maximum atomic E-state index is 5.67. The number of rotatable bonds is 10. The van der Waals surface area contributed by atoms with Gasteiger partial charge in [-0.3, -0.25) is 0 Å². The zero-order valence-corrected chi connectivity index (χ0v) is 11.6. The first kappa shape index (κ1) is 14.4. The third-order valence-electron chi connectivity index (χ3n) is 1.98. The molecule has 0 radical (unpaired) electrons. The van der Waals surface area contributed by atoms with Gasteiger partial charge >= 0.3 is 0 Å². The van der Waals surface area contributed by atoms with Crippen LogP contribution in [0, 0.1) is 0 Å². The predicted molar refractivity (Wildman–Crippen MR) is 65.0 cm³/mol. The first-order valence-electron chi connectivity index (χ1n) is 5.64. The third kappa shape index (κ3) is 9.00. The van der Waals surface area contributed by atoms with Crippen LogP contribution in [0.15, 0.2) is 0 Å². The highest BCUT2D eigenvalue weighted by Crippen LogP contribution is 2.01. The van der Waals surface area contributed by atoms with Crippen LogP contribution in [-0.2, 0) is 9.47 Å². The Kier molecular flexibility index (Phi) is 11.9. The van der Waals surface area contributed by atoms with Gasteiger partial charge < -0.3 is 9.47 Å². The molecule has 0 aliphatic heterocycles. The van der Waals surface area contributed by atoms with Crippen LogP contribution in [0.3, 0.4) is 0 Å². The molecule has 0 aliphatic rings. The Morgan fingerprint density at radius 2 is 2.00 bits per heavy atom. The Morgan fingerprint density at radius 3 is 2.57 bits per heavy atom. The largest absolute Gasteiger partial charge is 0.357 e. The number of unbranched alkanes of at least 4 members (excludes halogenated alkanes) is 1. The Labute approximate surface area is 95.1 Å². The SMILES string of the molecule is CCCCOC(OCC)[SiH2]CCCCl. The van der Waals surface area contributed by atoms with Crippen molar-refractivity contribution in [3.8, 4) is 0 Å². The minimum Gasteiger partial charge on any atom is -0.357 e. The van der Waals surface area contributed by atoms with E-state index < -0.39 is 0 Å². The molecule has 0 aliphatic carbocycles. The van der Waals surface area contributed by atoms with Crippen molar-refractivity contribution in [2.45, 2.75) is 45.1 Å². The van der Waals surface area contributed by atoms with E-state index in [1.807, 2.05) is 6.92 Å². The van der Waals surface area contributed by atoms with Crippen LogP contribution in [0.25, 0.3) is 0 Å². The Bertz CT molecular complexity index is 104.